The maximum Gasteiger partial charge on any atom is -0.0357 e. The van der Waals surface area contributed by atoms with Gasteiger partial charge in [0.25, 0.3) is 0 Å². The first-order valence-corrected chi connectivity index (χ1v) is 9.92. The summed E-state index contributed by atoms with van der Waals surface area (Å²) in [5.41, 5.74) is 0. The third-order valence-electron chi connectivity index (χ3n) is 6.15. The molecule has 0 aliphatic heterocycles. The standard InChI is InChI=1S/C20H38/c1-2-3-4-5-12-17-20(18-13-8-6-9-14-18)19-15-10-7-11-16-19/h18-20H,2-17H2,1H3. The molecule has 2 aliphatic rings. The van der Waals surface area contributed by atoms with E-state index in [9.17, 15) is 0 Å². The maximum atomic E-state index is 2.33. The van der Waals surface area contributed by atoms with Crippen molar-refractivity contribution in [2.45, 2.75) is 110 Å². The molecular formula is C20H38. The predicted octanol–water partition coefficient (Wildman–Crippen LogP) is 7.12. The van der Waals surface area contributed by atoms with E-state index in [0.29, 0.717) is 0 Å². The summed E-state index contributed by atoms with van der Waals surface area (Å²) in [5.74, 6) is 3.33. The van der Waals surface area contributed by atoms with Gasteiger partial charge in [0.1, 0.15) is 0 Å². The van der Waals surface area contributed by atoms with Crippen molar-refractivity contribution < 1.29 is 0 Å². The molecule has 2 aliphatic carbocycles. The van der Waals surface area contributed by atoms with Gasteiger partial charge in [-0.1, -0.05) is 103 Å². The van der Waals surface area contributed by atoms with Crippen molar-refractivity contribution in [3.05, 3.63) is 0 Å². The summed E-state index contributed by atoms with van der Waals surface area (Å²) >= 11 is 0. The van der Waals surface area contributed by atoms with Gasteiger partial charge in [-0.2, -0.15) is 0 Å². The van der Waals surface area contributed by atoms with E-state index >= 15 is 0 Å². The smallest absolute Gasteiger partial charge is 0.0357 e. The monoisotopic (exact) mass is 278 g/mol. The highest BCUT2D eigenvalue weighted by molar-refractivity contribution is 4.81. The molecule has 0 radical (unpaired) electrons. The van der Waals surface area contributed by atoms with Crippen LogP contribution in [0.4, 0.5) is 0 Å². The van der Waals surface area contributed by atoms with Gasteiger partial charge in [-0.3, -0.25) is 0 Å². The molecule has 0 saturated heterocycles. The highest BCUT2D eigenvalue weighted by atomic mass is 14.4. The Morgan fingerprint density at radius 1 is 0.650 bits per heavy atom. The summed E-state index contributed by atoms with van der Waals surface area (Å²) in [6.07, 6.45) is 24.3. The zero-order valence-corrected chi connectivity index (χ0v) is 14.0. The van der Waals surface area contributed by atoms with Crippen LogP contribution in [0.1, 0.15) is 110 Å². The topological polar surface area (TPSA) is 0 Å². The molecule has 20 heavy (non-hydrogen) atoms. The molecule has 0 N–H and O–H groups in total. The van der Waals surface area contributed by atoms with Gasteiger partial charge in [0.2, 0.25) is 0 Å². The third-order valence-corrected chi connectivity index (χ3v) is 6.15. The second kappa shape index (κ2) is 9.85. The zero-order valence-electron chi connectivity index (χ0n) is 14.0. The van der Waals surface area contributed by atoms with Gasteiger partial charge in [0.05, 0.1) is 0 Å². The van der Waals surface area contributed by atoms with E-state index in [2.05, 4.69) is 6.92 Å². The van der Waals surface area contributed by atoms with E-state index < -0.39 is 0 Å². The van der Waals surface area contributed by atoms with Crippen LogP contribution in [0.25, 0.3) is 0 Å². The van der Waals surface area contributed by atoms with Gasteiger partial charge in [-0.15, -0.1) is 0 Å². The molecule has 0 aromatic heterocycles. The van der Waals surface area contributed by atoms with E-state index in [4.69, 9.17) is 0 Å². The van der Waals surface area contributed by atoms with Crippen molar-refractivity contribution in [3.63, 3.8) is 0 Å². The average Bonchev–Trinajstić information content (AvgIpc) is 2.53. The lowest BCUT2D eigenvalue weighted by Crippen LogP contribution is -2.27. The van der Waals surface area contributed by atoms with Crippen LogP contribution in [0.15, 0.2) is 0 Å². The molecule has 118 valence electrons. The quantitative estimate of drug-likeness (QED) is 0.414. The van der Waals surface area contributed by atoms with Gasteiger partial charge in [0.15, 0.2) is 0 Å². The first kappa shape index (κ1) is 16.4. The molecule has 2 saturated carbocycles. The molecule has 0 aromatic carbocycles. The first-order chi connectivity index (χ1) is 9.92. The maximum absolute atomic E-state index is 2.33. The fourth-order valence-electron chi connectivity index (χ4n) is 4.96. The van der Waals surface area contributed by atoms with Crippen molar-refractivity contribution in [1.29, 1.82) is 0 Å². The van der Waals surface area contributed by atoms with Gasteiger partial charge < -0.3 is 0 Å². The Hall–Kier alpha value is 0. The van der Waals surface area contributed by atoms with Crippen LogP contribution in [0, 0.1) is 17.8 Å². The van der Waals surface area contributed by atoms with E-state index in [1.807, 2.05) is 0 Å². The predicted molar refractivity (Wildman–Crippen MR) is 90.0 cm³/mol. The number of hydrogen-bond acceptors (Lipinski definition) is 0. The molecule has 0 nitrogen and oxygen atoms in total. The van der Waals surface area contributed by atoms with Crippen LogP contribution in [0.5, 0.6) is 0 Å². The fourth-order valence-corrected chi connectivity index (χ4v) is 4.96. The van der Waals surface area contributed by atoms with Crippen molar-refractivity contribution in [1.82, 2.24) is 0 Å². The molecule has 0 atom stereocenters. The largest absolute Gasteiger partial charge is 0.0654 e. The fraction of sp³-hybridized carbons (Fsp3) is 1.00. The second-order valence-electron chi connectivity index (χ2n) is 7.66. The summed E-state index contributed by atoms with van der Waals surface area (Å²) in [6, 6.07) is 0. The van der Waals surface area contributed by atoms with Gasteiger partial charge in [0, 0.05) is 0 Å². The summed E-state index contributed by atoms with van der Waals surface area (Å²) in [5, 5.41) is 0. The lowest BCUT2D eigenvalue weighted by molar-refractivity contribution is 0.131. The van der Waals surface area contributed by atoms with Crippen molar-refractivity contribution in [2.24, 2.45) is 17.8 Å². The van der Waals surface area contributed by atoms with Crippen LogP contribution in [0.3, 0.4) is 0 Å². The molecule has 2 rings (SSSR count). The minimum atomic E-state index is 1.11. The van der Waals surface area contributed by atoms with E-state index in [1.165, 1.54) is 70.6 Å². The Bertz CT molecular complexity index is 202. The minimum absolute atomic E-state index is 1.11. The third kappa shape index (κ3) is 5.41. The highest BCUT2D eigenvalue weighted by Crippen LogP contribution is 2.42. The number of rotatable bonds is 8. The Labute approximate surface area is 128 Å². The average molecular weight is 279 g/mol. The molecule has 0 heterocycles. The molecule has 0 aromatic rings. The molecule has 2 fully saturated rings. The Balaban J connectivity index is 1.78. The lowest BCUT2D eigenvalue weighted by atomic mass is 9.68. The Morgan fingerprint density at radius 3 is 1.65 bits per heavy atom. The molecule has 0 spiro atoms. The Kier molecular flexibility index (Phi) is 8.06. The number of unbranched alkanes of at least 4 members (excludes halogenated alkanes) is 4. The minimum Gasteiger partial charge on any atom is -0.0654 e. The van der Waals surface area contributed by atoms with Crippen molar-refractivity contribution in [2.75, 3.05) is 0 Å². The summed E-state index contributed by atoms with van der Waals surface area (Å²) < 4.78 is 0. The molecule has 0 heteroatoms. The van der Waals surface area contributed by atoms with Crippen LogP contribution in [0.2, 0.25) is 0 Å². The van der Waals surface area contributed by atoms with Gasteiger partial charge in [-0.05, 0) is 24.2 Å². The lowest BCUT2D eigenvalue weighted by Gasteiger charge is -2.38. The van der Waals surface area contributed by atoms with Gasteiger partial charge in [-0.25, -0.2) is 0 Å². The first-order valence-electron chi connectivity index (χ1n) is 9.92. The second-order valence-corrected chi connectivity index (χ2v) is 7.66. The van der Waals surface area contributed by atoms with E-state index in [1.54, 1.807) is 32.1 Å². The van der Waals surface area contributed by atoms with Gasteiger partial charge >= 0.3 is 0 Å². The Morgan fingerprint density at radius 2 is 1.15 bits per heavy atom. The molecule has 0 amide bonds. The summed E-state index contributed by atoms with van der Waals surface area (Å²) in [4.78, 5) is 0. The van der Waals surface area contributed by atoms with Crippen molar-refractivity contribution in [3.8, 4) is 0 Å². The van der Waals surface area contributed by atoms with Crippen LogP contribution in [-0.2, 0) is 0 Å². The molecular weight excluding hydrogens is 240 g/mol. The summed E-state index contributed by atoms with van der Waals surface area (Å²) in [7, 11) is 0. The molecule has 0 unspecified atom stereocenters. The molecule has 0 bridgehead atoms. The van der Waals surface area contributed by atoms with Crippen LogP contribution in [-0.4, -0.2) is 0 Å². The highest BCUT2D eigenvalue weighted by Gasteiger charge is 2.30. The zero-order chi connectivity index (χ0) is 14.0. The SMILES string of the molecule is CCCCCCCC(C1CCCCC1)C1CCCCC1. The normalized spacial score (nSPS) is 22.5. The number of hydrogen-bond donors (Lipinski definition) is 0. The van der Waals surface area contributed by atoms with E-state index in [-0.39, 0.29) is 0 Å². The van der Waals surface area contributed by atoms with E-state index in [0.717, 1.165) is 17.8 Å². The van der Waals surface area contributed by atoms with Crippen LogP contribution < -0.4 is 0 Å². The summed E-state index contributed by atoms with van der Waals surface area (Å²) in [6.45, 7) is 2.33. The van der Waals surface area contributed by atoms with Crippen molar-refractivity contribution >= 4 is 0 Å². The van der Waals surface area contributed by atoms with Crippen LogP contribution >= 0.6 is 0 Å².